The minimum atomic E-state index is -0.945. The summed E-state index contributed by atoms with van der Waals surface area (Å²) in [6, 6.07) is 10.8. The molecule has 0 saturated heterocycles. The zero-order chi connectivity index (χ0) is 17.6. The van der Waals surface area contributed by atoms with E-state index in [-0.39, 0.29) is 5.95 Å². The maximum atomic E-state index is 13.3. The maximum absolute atomic E-state index is 13.3. The normalized spacial score (nSPS) is 10.4. The maximum Gasteiger partial charge on any atom is 0.249 e. The fourth-order valence-corrected chi connectivity index (χ4v) is 2.07. The standard InChI is InChI=1S/C17H15F2N5O/c1-2-25-13-6-3-11(4-7-13)22-17-23-16(10-20-24-17)21-12-5-8-14(18)15(19)9-12/h3-10H,2H2,1H3,(H2,21,22,23,24). The van der Waals surface area contributed by atoms with Crippen LogP contribution in [0.25, 0.3) is 0 Å². The number of nitrogens with zero attached hydrogens (tertiary/aromatic N) is 3. The molecule has 3 rings (SSSR count). The van der Waals surface area contributed by atoms with Crippen molar-refractivity contribution in [1.82, 2.24) is 15.2 Å². The lowest BCUT2D eigenvalue weighted by atomic mass is 10.3. The molecule has 0 spiro atoms. The van der Waals surface area contributed by atoms with Gasteiger partial charge < -0.3 is 15.4 Å². The smallest absolute Gasteiger partial charge is 0.249 e. The highest BCUT2D eigenvalue weighted by Gasteiger charge is 2.05. The molecule has 1 aromatic heterocycles. The van der Waals surface area contributed by atoms with Crippen molar-refractivity contribution in [2.24, 2.45) is 0 Å². The van der Waals surface area contributed by atoms with Gasteiger partial charge in [0.25, 0.3) is 0 Å². The first-order valence-electron chi connectivity index (χ1n) is 7.55. The minimum absolute atomic E-state index is 0.261. The number of aromatic nitrogens is 3. The molecule has 0 saturated carbocycles. The average Bonchev–Trinajstić information content (AvgIpc) is 2.61. The molecule has 8 heteroatoms. The number of benzene rings is 2. The molecule has 2 N–H and O–H groups in total. The Bertz CT molecular complexity index is 858. The molecule has 0 unspecified atom stereocenters. The third-order valence-electron chi connectivity index (χ3n) is 3.17. The minimum Gasteiger partial charge on any atom is -0.494 e. The molecule has 3 aromatic rings. The van der Waals surface area contributed by atoms with E-state index < -0.39 is 11.6 Å². The fourth-order valence-electron chi connectivity index (χ4n) is 2.07. The first-order valence-corrected chi connectivity index (χ1v) is 7.55. The third kappa shape index (κ3) is 4.37. The molecular weight excluding hydrogens is 328 g/mol. The summed E-state index contributed by atoms with van der Waals surface area (Å²) >= 11 is 0. The molecule has 0 aliphatic rings. The van der Waals surface area contributed by atoms with Crippen molar-refractivity contribution in [1.29, 1.82) is 0 Å². The summed E-state index contributed by atoms with van der Waals surface area (Å²) in [5, 5.41) is 13.6. The van der Waals surface area contributed by atoms with Gasteiger partial charge in [-0.2, -0.15) is 10.1 Å². The number of hydrogen-bond acceptors (Lipinski definition) is 6. The molecule has 0 amide bonds. The Morgan fingerprint density at radius 1 is 0.960 bits per heavy atom. The van der Waals surface area contributed by atoms with E-state index in [1.807, 2.05) is 31.2 Å². The SMILES string of the molecule is CCOc1ccc(Nc2nncc(Nc3ccc(F)c(F)c3)n2)cc1. The highest BCUT2D eigenvalue weighted by molar-refractivity contribution is 5.59. The van der Waals surface area contributed by atoms with E-state index in [0.29, 0.717) is 18.1 Å². The topological polar surface area (TPSA) is 72.0 Å². The Morgan fingerprint density at radius 2 is 1.72 bits per heavy atom. The highest BCUT2D eigenvalue weighted by atomic mass is 19.2. The van der Waals surface area contributed by atoms with Gasteiger partial charge in [-0.3, -0.25) is 0 Å². The number of rotatable bonds is 6. The van der Waals surface area contributed by atoms with E-state index >= 15 is 0 Å². The van der Waals surface area contributed by atoms with Crippen LogP contribution < -0.4 is 15.4 Å². The van der Waals surface area contributed by atoms with Gasteiger partial charge in [0.1, 0.15) is 5.75 Å². The first kappa shape index (κ1) is 16.6. The van der Waals surface area contributed by atoms with Crippen molar-refractivity contribution in [3.63, 3.8) is 0 Å². The van der Waals surface area contributed by atoms with Crippen LogP contribution in [0.1, 0.15) is 6.92 Å². The molecule has 25 heavy (non-hydrogen) atoms. The monoisotopic (exact) mass is 343 g/mol. The number of nitrogens with one attached hydrogen (secondary N) is 2. The molecule has 1 heterocycles. The number of hydrogen-bond donors (Lipinski definition) is 2. The fraction of sp³-hybridized carbons (Fsp3) is 0.118. The Hall–Kier alpha value is -3.29. The van der Waals surface area contributed by atoms with Crippen molar-refractivity contribution < 1.29 is 13.5 Å². The van der Waals surface area contributed by atoms with Crippen LogP contribution in [0.5, 0.6) is 5.75 Å². The molecule has 0 bridgehead atoms. The quantitative estimate of drug-likeness (QED) is 0.704. The Kier molecular flexibility index (Phi) is 4.98. The van der Waals surface area contributed by atoms with Crippen LogP contribution in [0, 0.1) is 11.6 Å². The van der Waals surface area contributed by atoms with Crippen LogP contribution >= 0.6 is 0 Å². The van der Waals surface area contributed by atoms with E-state index in [9.17, 15) is 8.78 Å². The molecular formula is C17H15F2N5O. The largest absolute Gasteiger partial charge is 0.494 e. The molecule has 0 aliphatic heterocycles. The number of ether oxygens (including phenoxy) is 1. The first-order chi connectivity index (χ1) is 12.1. The third-order valence-corrected chi connectivity index (χ3v) is 3.17. The lowest BCUT2D eigenvalue weighted by Crippen LogP contribution is -2.02. The molecule has 128 valence electrons. The van der Waals surface area contributed by atoms with E-state index in [1.54, 1.807) is 0 Å². The zero-order valence-corrected chi connectivity index (χ0v) is 13.3. The second-order valence-electron chi connectivity index (χ2n) is 5.00. The van der Waals surface area contributed by atoms with Gasteiger partial charge >= 0.3 is 0 Å². The van der Waals surface area contributed by atoms with Crippen LogP contribution in [-0.4, -0.2) is 21.8 Å². The second kappa shape index (κ2) is 7.52. The van der Waals surface area contributed by atoms with E-state index in [4.69, 9.17) is 4.74 Å². The molecule has 0 aliphatic carbocycles. The van der Waals surface area contributed by atoms with Gasteiger partial charge in [-0.25, -0.2) is 8.78 Å². The van der Waals surface area contributed by atoms with Crippen LogP contribution in [-0.2, 0) is 0 Å². The van der Waals surface area contributed by atoms with E-state index in [1.165, 1.54) is 12.3 Å². The Balaban J connectivity index is 1.71. The Labute approximate surface area is 142 Å². The van der Waals surface area contributed by atoms with Crippen molar-refractivity contribution in [2.75, 3.05) is 17.2 Å². The summed E-state index contributed by atoms with van der Waals surface area (Å²) in [6.07, 6.45) is 1.38. The summed E-state index contributed by atoms with van der Waals surface area (Å²) in [5.74, 6) is -0.490. The molecule has 2 aromatic carbocycles. The molecule has 6 nitrogen and oxygen atoms in total. The van der Waals surface area contributed by atoms with E-state index in [2.05, 4.69) is 25.8 Å². The average molecular weight is 343 g/mol. The van der Waals surface area contributed by atoms with Gasteiger partial charge in [-0.15, -0.1) is 5.10 Å². The summed E-state index contributed by atoms with van der Waals surface area (Å²) in [6.45, 7) is 2.51. The lowest BCUT2D eigenvalue weighted by molar-refractivity contribution is 0.340. The summed E-state index contributed by atoms with van der Waals surface area (Å²) < 4.78 is 31.6. The van der Waals surface area contributed by atoms with Gasteiger partial charge in [0.15, 0.2) is 17.5 Å². The van der Waals surface area contributed by atoms with Gasteiger partial charge in [0.05, 0.1) is 12.8 Å². The van der Waals surface area contributed by atoms with Gasteiger partial charge in [-0.05, 0) is 43.3 Å². The lowest BCUT2D eigenvalue weighted by Gasteiger charge is -2.09. The summed E-state index contributed by atoms with van der Waals surface area (Å²) in [4.78, 5) is 4.23. The van der Waals surface area contributed by atoms with Crippen molar-refractivity contribution in [2.45, 2.75) is 6.92 Å². The van der Waals surface area contributed by atoms with E-state index in [0.717, 1.165) is 23.6 Å². The predicted molar refractivity (Wildman–Crippen MR) is 90.4 cm³/mol. The number of anilines is 4. The predicted octanol–water partition coefficient (Wildman–Crippen LogP) is 4.04. The van der Waals surface area contributed by atoms with Crippen LogP contribution in [0.4, 0.5) is 31.9 Å². The van der Waals surface area contributed by atoms with Crippen molar-refractivity contribution >= 4 is 23.1 Å². The van der Waals surface area contributed by atoms with Crippen molar-refractivity contribution in [3.05, 3.63) is 60.3 Å². The summed E-state index contributed by atoms with van der Waals surface area (Å²) in [5.41, 5.74) is 1.11. The van der Waals surface area contributed by atoms with Gasteiger partial charge in [-0.1, -0.05) is 0 Å². The number of halogens is 2. The highest BCUT2D eigenvalue weighted by Crippen LogP contribution is 2.20. The van der Waals surface area contributed by atoms with Crippen molar-refractivity contribution in [3.8, 4) is 5.75 Å². The van der Waals surface area contributed by atoms with Gasteiger partial charge in [0, 0.05) is 17.4 Å². The van der Waals surface area contributed by atoms with Crippen LogP contribution in [0.3, 0.4) is 0 Å². The molecule has 0 fully saturated rings. The second-order valence-corrected chi connectivity index (χ2v) is 5.00. The Morgan fingerprint density at radius 3 is 2.44 bits per heavy atom. The van der Waals surface area contributed by atoms with Gasteiger partial charge in [0.2, 0.25) is 5.95 Å². The summed E-state index contributed by atoms with van der Waals surface area (Å²) in [7, 11) is 0. The van der Waals surface area contributed by atoms with Crippen LogP contribution in [0.15, 0.2) is 48.7 Å². The zero-order valence-electron chi connectivity index (χ0n) is 13.3. The molecule has 0 atom stereocenters. The van der Waals surface area contributed by atoms with Crippen LogP contribution in [0.2, 0.25) is 0 Å². The molecule has 0 radical (unpaired) electrons.